The van der Waals surface area contributed by atoms with Gasteiger partial charge >= 0.3 is 5.97 Å². The fourth-order valence-corrected chi connectivity index (χ4v) is 3.72. The fraction of sp³-hybridized carbons (Fsp3) is 0.280. The summed E-state index contributed by atoms with van der Waals surface area (Å²) in [6, 6.07) is 19.5. The van der Waals surface area contributed by atoms with Crippen LogP contribution in [0.3, 0.4) is 0 Å². The second-order valence-electron chi connectivity index (χ2n) is 7.35. The fourth-order valence-electron chi connectivity index (χ4n) is 3.72. The quantitative estimate of drug-likeness (QED) is 0.419. The highest BCUT2D eigenvalue weighted by Crippen LogP contribution is 2.24. The van der Waals surface area contributed by atoms with E-state index < -0.39 is 12.0 Å². The Morgan fingerprint density at radius 3 is 2.00 bits per heavy atom. The van der Waals surface area contributed by atoms with Gasteiger partial charge in [0.2, 0.25) is 0 Å². The molecule has 0 aliphatic carbocycles. The number of benzene rings is 2. The zero-order chi connectivity index (χ0) is 21.7. The first-order valence-electron chi connectivity index (χ1n) is 10.2. The summed E-state index contributed by atoms with van der Waals surface area (Å²) in [5.74, 6) is -0.502. The molecule has 0 amide bonds. The molecule has 0 spiro atoms. The first-order valence-corrected chi connectivity index (χ1v) is 10.2. The molecule has 3 rings (SSSR count). The molecule has 0 unspecified atom stereocenters. The predicted molar refractivity (Wildman–Crippen MR) is 118 cm³/mol. The van der Waals surface area contributed by atoms with E-state index in [0.717, 1.165) is 11.1 Å². The van der Waals surface area contributed by atoms with E-state index in [1.807, 2.05) is 67.6 Å². The maximum Gasteiger partial charge on any atom is 0.340 e. The number of aromatic nitrogens is 1. The van der Waals surface area contributed by atoms with E-state index in [2.05, 4.69) is 10.3 Å². The number of esters is 1. The third-order valence-corrected chi connectivity index (χ3v) is 5.24. The minimum Gasteiger partial charge on any atom is -0.462 e. The van der Waals surface area contributed by atoms with Crippen molar-refractivity contribution in [3.8, 4) is 0 Å². The predicted octanol–water partition coefficient (Wildman–Crippen LogP) is 4.76. The van der Waals surface area contributed by atoms with Crippen LogP contribution in [0.25, 0.3) is 0 Å². The van der Waals surface area contributed by atoms with Crippen molar-refractivity contribution in [2.45, 2.75) is 39.8 Å². The number of ether oxygens (including phenoxy) is 1. The Hall–Kier alpha value is -3.18. The second-order valence-corrected chi connectivity index (χ2v) is 7.35. The smallest absolute Gasteiger partial charge is 0.340 e. The zero-order valence-electron chi connectivity index (χ0n) is 17.9. The standard InChI is InChI=1S/C25H28N2O3/c1-5-30-25(29)21-16(2)22(26-17(21)3)24(28)18(4)27-23(19-12-8-6-9-13-19)20-14-10-7-11-15-20/h6-15,18,23,26-27H,5H2,1-4H3/t18-/m0/s1. The Bertz CT molecular complexity index is 970. The van der Waals surface area contributed by atoms with E-state index in [0.29, 0.717) is 29.1 Å². The van der Waals surface area contributed by atoms with Gasteiger partial charge in [0, 0.05) is 5.69 Å². The monoisotopic (exact) mass is 404 g/mol. The number of hydrogen-bond acceptors (Lipinski definition) is 4. The molecule has 0 radical (unpaired) electrons. The van der Waals surface area contributed by atoms with Crippen molar-refractivity contribution in [2.75, 3.05) is 6.61 Å². The lowest BCUT2D eigenvalue weighted by Crippen LogP contribution is -2.37. The van der Waals surface area contributed by atoms with Gasteiger partial charge in [0.15, 0.2) is 5.78 Å². The minimum atomic E-state index is -0.470. The molecule has 0 aliphatic rings. The lowest BCUT2D eigenvalue weighted by Gasteiger charge is -2.24. The number of rotatable bonds is 8. The summed E-state index contributed by atoms with van der Waals surface area (Å²) in [5.41, 5.74) is 4.31. The largest absolute Gasteiger partial charge is 0.462 e. The molecule has 5 nitrogen and oxygen atoms in total. The normalized spacial score (nSPS) is 12.0. The van der Waals surface area contributed by atoms with E-state index in [4.69, 9.17) is 4.74 Å². The summed E-state index contributed by atoms with van der Waals surface area (Å²) >= 11 is 0. The van der Waals surface area contributed by atoms with Crippen LogP contribution in [-0.2, 0) is 4.74 Å². The molecule has 2 N–H and O–H groups in total. The number of nitrogens with one attached hydrogen (secondary N) is 2. The molecule has 2 aromatic carbocycles. The van der Waals surface area contributed by atoms with Gasteiger partial charge in [-0.1, -0.05) is 60.7 Å². The van der Waals surface area contributed by atoms with E-state index in [1.54, 1.807) is 20.8 Å². The van der Waals surface area contributed by atoms with Gasteiger partial charge in [-0.3, -0.25) is 10.1 Å². The highest BCUT2D eigenvalue weighted by molar-refractivity contribution is 6.03. The first kappa shape index (κ1) is 21.5. The number of H-pyrrole nitrogens is 1. The second kappa shape index (κ2) is 9.55. The van der Waals surface area contributed by atoms with Crippen molar-refractivity contribution in [1.82, 2.24) is 10.3 Å². The van der Waals surface area contributed by atoms with Crippen LogP contribution in [0.15, 0.2) is 60.7 Å². The van der Waals surface area contributed by atoms with E-state index in [9.17, 15) is 9.59 Å². The Morgan fingerprint density at radius 2 is 1.50 bits per heavy atom. The van der Waals surface area contributed by atoms with Crippen LogP contribution in [0.2, 0.25) is 0 Å². The molecule has 0 saturated heterocycles. The maximum atomic E-state index is 13.3. The molecule has 30 heavy (non-hydrogen) atoms. The molecule has 0 fully saturated rings. The van der Waals surface area contributed by atoms with E-state index in [1.165, 1.54) is 0 Å². The van der Waals surface area contributed by atoms with Crippen LogP contribution in [0.5, 0.6) is 0 Å². The zero-order valence-corrected chi connectivity index (χ0v) is 17.9. The lowest BCUT2D eigenvalue weighted by molar-refractivity contribution is 0.0525. The maximum absolute atomic E-state index is 13.3. The van der Waals surface area contributed by atoms with Crippen LogP contribution in [0, 0.1) is 13.8 Å². The molecule has 1 heterocycles. The van der Waals surface area contributed by atoms with Crippen molar-refractivity contribution in [1.29, 1.82) is 0 Å². The third-order valence-electron chi connectivity index (χ3n) is 5.24. The Kier molecular flexibility index (Phi) is 6.85. The summed E-state index contributed by atoms with van der Waals surface area (Å²) in [4.78, 5) is 28.6. The van der Waals surface area contributed by atoms with Gasteiger partial charge in [0.1, 0.15) is 0 Å². The Labute approximate surface area is 177 Å². The van der Waals surface area contributed by atoms with Crippen LogP contribution < -0.4 is 5.32 Å². The number of hydrogen-bond donors (Lipinski definition) is 2. The van der Waals surface area contributed by atoms with Gasteiger partial charge in [-0.25, -0.2) is 4.79 Å². The summed E-state index contributed by atoms with van der Waals surface area (Å²) < 4.78 is 5.14. The van der Waals surface area contributed by atoms with Crippen molar-refractivity contribution < 1.29 is 14.3 Å². The van der Waals surface area contributed by atoms with E-state index in [-0.39, 0.29) is 11.8 Å². The number of aromatic amines is 1. The van der Waals surface area contributed by atoms with Crippen molar-refractivity contribution in [3.63, 3.8) is 0 Å². The highest BCUT2D eigenvalue weighted by Gasteiger charge is 2.27. The molecular weight excluding hydrogens is 376 g/mol. The molecule has 1 aromatic heterocycles. The number of carbonyl (C=O) groups is 2. The number of aryl methyl sites for hydroxylation is 1. The van der Waals surface area contributed by atoms with Crippen LogP contribution in [-0.4, -0.2) is 29.4 Å². The molecule has 0 saturated carbocycles. The summed E-state index contributed by atoms with van der Waals surface area (Å²) in [6.45, 7) is 7.47. The lowest BCUT2D eigenvalue weighted by atomic mass is 9.96. The Balaban J connectivity index is 1.88. The van der Waals surface area contributed by atoms with Crippen molar-refractivity contribution >= 4 is 11.8 Å². The number of ketones is 1. The average molecular weight is 405 g/mol. The first-order chi connectivity index (χ1) is 14.4. The molecule has 5 heteroatoms. The van der Waals surface area contributed by atoms with Crippen LogP contribution >= 0.6 is 0 Å². The minimum absolute atomic E-state index is 0.0944. The van der Waals surface area contributed by atoms with Crippen molar-refractivity contribution in [3.05, 3.63) is 94.3 Å². The van der Waals surface area contributed by atoms with Gasteiger partial charge in [-0.2, -0.15) is 0 Å². The van der Waals surface area contributed by atoms with E-state index >= 15 is 0 Å². The Morgan fingerprint density at radius 1 is 0.967 bits per heavy atom. The SMILES string of the molecule is CCOC(=O)c1c(C)[nH]c(C(=O)[C@H](C)NC(c2ccccc2)c2ccccc2)c1C. The molecule has 3 aromatic rings. The average Bonchev–Trinajstić information content (AvgIpc) is 3.06. The van der Waals surface area contributed by atoms with Gasteiger partial charge < -0.3 is 9.72 Å². The third kappa shape index (κ3) is 4.52. The number of carbonyl (C=O) groups excluding carboxylic acids is 2. The molecular formula is C25H28N2O3. The molecule has 0 aliphatic heterocycles. The number of Topliss-reactive ketones (excluding diaryl/α,β-unsaturated/α-hetero) is 1. The van der Waals surface area contributed by atoms with Crippen molar-refractivity contribution in [2.24, 2.45) is 0 Å². The van der Waals surface area contributed by atoms with Gasteiger partial charge in [0.25, 0.3) is 0 Å². The topological polar surface area (TPSA) is 71.2 Å². The van der Waals surface area contributed by atoms with Crippen LogP contribution in [0.1, 0.15) is 63.1 Å². The molecule has 1 atom stereocenters. The molecule has 156 valence electrons. The van der Waals surface area contributed by atoms with Gasteiger partial charge in [-0.05, 0) is 44.4 Å². The van der Waals surface area contributed by atoms with Gasteiger partial charge in [-0.15, -0.1) is 0 Å². The summed E-state index contributed by atoms with van der Waals surface area (Å²) in [5, 5.41) is 3.47. The van der Waals surface area contributed by atoms with Crippen LogP contribution in [0.4, 0.5) is 0 Å². The summed E-state index contributed by atoms with van der Waals surface area (Å²) in [6.07, 6.45) is 0. The highest BCUT2D eigenvalue weighted by atomic mass is 16.5. The van der Waals surface area contributed by atoms with Gasteiger partial charge in [0.05, 0.1) is 29.9 Å². The summed E-state index contributed by atoms with van der Waals surface area (Å²) in [7, 11) is 0. The molecule has 0 bridgehead atoms.